The molecule has 2 saturated heterocycles. The monoisotopic (exact) mass is 662 g/mol. The molecule has 12 atom stereocenters. The molecular formula is C33H42O14. The fraction of sp³-hybridized carbons (Fsp3) is 0.758. The predicted octanol–water partition coefficient (Wildman–Crippen LogP) is 1.82. The van der Waals surface area contributed by atoms with Crippen LogP contribution in [0.5, 0.6) is 0 Å². The van der Waals surface area contributed by atoms with Gasteiger partial charge in [0.25, 0.3) is 0 Å². The molecule has 0 aromatic carbocycles. The van der Waals surface area contributed by atoms with Crippen LogP contribution in [0.25, 0.3) is 0 Å². The van der Waals surface area contributed by atoms with Crippen LogP contribution in [0.2, 0.25) is 0 Å². The maximum absolute atomic E-state index is 14.8. The lowest BCUT2D eigenvalue weighted by Crippen LogP contribution is -2.63. The van der Waals surface area contributed by atoms with Gasteiger partial charge in [0, 0.05) is 39.5 Å². The highest BCUT2D eigenvalue weighted by molar-refractivity contribution is 5.85. The number of rotatable bonds is 7. The average Bonchev–Trinajstić information content (AvgIpc) is 3.36. The third-order valence-electron chi connectivity index (χ3n) is 11.6. The van der Waals surface area contributed by atoms with Crippen molar-refractivity contribution in [3.8, 4) is 0 Å². The Hall–Kier alpha value is -3.52. The quantitative estimate of drug-likeness (QED) is 0.236. The number of aliphatic hydroxyl groups is 1. The van der Waals surface area contributed by atoms with E-state index in [0.717, 1.165) is 34.1 Å². The van der Waals surface area contributed by atoms with Crippen molar-refractivity contribution in [3.63, 3.8) is 0 Å². The average molecular weight is 663 g/mol. The summed E-state index contributed by atoms with van der Waals surface area (Å²) in [4.78, 5) is 76.8. The van der Waals surface area contributed by atoms with Gasteiger partial charge in [0.05, 0.1) is 16.9 Å². The number of hydrogen-bond acceptors (Lipinski definition) is 14. The second kappa shape index (κ2) is 11.3. The van der Waals surface area contributed by atoms with E-state index in [-0.39, 0.29) is 18.3 Å². The van der Waals surface area contributed by atoms with Gasteiger partial charge in [0.1, 0.15) is 18.3 Å². The van der Waals surface area contributed by atoms with Crippen molar-refractivity contribution in [2.75, 3.05) is 6.61 Å². The van der Waals surface area contributed by atoms with Gasteiger partial charge in [-0.1, -0.05) is 6.58 Å². The SMILES string of the molecule is C=C1C[C@]23C[C@@]1(O)CC[C@H]2[C@@]12CCC[C@@](C)(C(=O)O1)[C@H]2[C@@H]3C(=O)O[C@@H]1O[C@H](COC(C)=O)[C@@H](OC(C)=O)[C@H](OC(C)=O)[C@H]1OC(C)=O. The summed E-state index contributed by atoms with van der Waals surface area (Å²) < 4.78 is 40.1. The molecule has 1 spiro atoms. The summed E-state index contributed by atoms with van der Waals surface area (Å²) in [7, 11) is 0. The highest BCUT2D eigenvalue weighted by Gasteiger charge is 2.83. The number of hydrogen-bond donors (Lipinski definition) is 1. The molecule has 0 radical (unpaired) electrons. The lowest BCUT2D eigenvalue weighted by molar-refractivity contribution is -0.302. The minimum absolute atomic E-state index is 0.237. The fourth-order valence-corrected chi connectivity index (χ4v) is 10.1. The summed E-state index contributed by atoms with van der Waals surface area (Å²) in [6.07, 6.45) is -4.21. The smallest absolute Gasteiger partial charge is 0.312 e. The van der Waals surface area contributed by atoms with Gasteiger partial charge >= 0.3 is 35.8 Å². The minimum Gasteiger partial charge on any atom is -0.463 e. The molecule has 14 nitrogen and oxygen atoms in total. The molecule has 14 heteroatoms. The summed E-state index contributed by atoms with van der Waals surface area (Å²) in [5.41, 5.74) is -3.32. The largest absolute Gasteiger partial charge is 0.463 e. The van der Waals surface area contributed by atoms with E-state index < -0.39 is 101 Å². The van der Waals surface area contributed by atoms with Crippen molar-refractivity contribution in [2.45, 2.75) is 121 Å². The van der Waals surface area contributed by atoms with E-state index in [1.165, 1.54) is 0 Å². The van der Waals surface area contributed by atoms with Crippen molar-refractivity contribution in [1.29, 1.82) is 0 Å². The van der Waals surface area contributed by atoms with Crippen LogP contribution in [0.1, 0.15) is 79.6 Å². The summed E-state index contributed by atoms with van der Waals surface area (Å²) in [6, 6.07) is 0. The van der Waals surface area contributed by atoms with Gasteiger partial charge in [-0.05, 0) is 62.9 Å². The van der Waals surface area contributed by atoms with Gasteiger partial charge in [-0.3, -0.25) is 28.8 Å². The molecule has 1 N–H and O–H groups in total. The van der Waals surface area contributed by atoms with E-state index in [9.17, 15) is 33.9 Å². The zero-order chi connectivity index (χ0) is 34.3. The Morgan fingerprint density at radius 3 is 2.17 bits per heavy atom. The molecule has 2 aliphatic heterocycles. The highest BCUT2D eigenvalue weighted by Crippen LogP contribution is 2.78. The number of ether oxygens (including phenoxy) is 7. The maximum atomic E-state index is 14.8. The molecule has 6 fully saturated rings. The number of fused-ring (bicyclic) bond motifs is 1. The maximum Gasteiger partial charge on any atom is 0.312 e. The Balaban J connectivity index is 1.41. The molecule has 4 saturated carbocycles. The van der Waals surface area contributed by atoms with Crippen LogP contribution in [0.4, 0.5) is 0 Å². The highest BCUT2D eigenvalue weighted by atomic mass is 16.7. The van der Waals surface area contributed by atoms with Gasteiger partial charge < -0.3 is 38.3 Å². The standard InChI is InChI=1S/C33H42O14/c1-15-12-31-14-32(15,40)11-8-21(31)33-10-7-9-30(6,29(39)47-33)26(33)22(31)27(38)46-28-25(44-19(5)37)24(43-18(4)36)23(42-17(3)35)20(45-28)13-41-16(2)34/h20-26,28,40H,1,7-14H2,2-6H3/t20-,21-,22-,23-,24+,25-,26-,28+,30-,31+,32+,33-/m1/s1. The molecular weight excluding hydrogens is 620 g/mol. The fourth-order valence-electron chi connectivity index (χ4n) is 10.1. The van der Waals surface area contributed by atoms with Crippen LogP contribution < -0.4 is 0 Å². The van der Waals surface area contributed by atoms with Gasteiger partial charge in [-0.25, -0.2) is 0 Å². The first-order valence-electron chi connectivity index (χ1n) is 16.1. The molecule has 0 unspecified atom stereocenters. The summed E-state index contributed by atoms with van der Waals surface area (Å²) in [5.74, 6) is -6.03. The topological polar surface area (TPSA) is 187 Å². The zero-order valence-electron chi connectivity index (χ0n) is 27.2. The molecule has 6 rings (SSSR count). The summed E-state index contributed by atoms with van der Waals surface area (Å²) in [6.45, 7) is 9.96. The van der Waals surface area contributed by atoms with Crippen molar-refractivity contribution < 1.29 is 67.0 Å². The van der Waals surface area contributed by atoms with E-state index in [2.05, 4.69) is 6.58 Å². The van der Waals surface area contributed by atoms with Crippen LogP contribution in [0.3, 0.4) is 0 Å². The van der Waals surface area contributed by atoms with E-state index in [1.54, 1.807) is 0 Å². The Labute approximate surface area is 271 Å². The molecule has 258 valence electrons. The van der Waals surface area contributed by atoms with Gasteiger partial charge in [-0.15, -0.1) is 0 Å². The van der Waals surface area contributed by atoms with Crippen LogP contribution >= 0.6 is 0 Å². The van der Waals surface area contributed by atoms with E-state index in [0.29, 0.717) is 37.7 Å². The third kappa shape index (κ3) is 5.04. The molecule has 4 aliphatic carbocycles. The van der Waals surface area contributed by atoms with E-state index >= 15 is 0 Å². The normalized spacial score (nSPS) is 44.4. The predicted molar refractivity (Wildman–Crippen MR) is 154 cm³/mol. The Morgan fingerprint density at radius 2 is 1.53 bits per heavy atom. The van der Waals surface area contributed by atoms with Gasteiger partial charge in [0.2, 0.25) is 12.4 Å². The number of esters is 6. The Kier molecular flexibility index (Phi) is 8.02. The molecule has 4 bridgehead atoms. The van der Waals surface area contributed by atoms with Gasteiger partial charge in [0.15, 0.2) is 12.2 Å². The van der Waals surface area contributed by atoms with E-state index in [1.807, 2.05) is 6.92 Å². The third-order valence-corrected chi connectivity index (χ3v) is 11.6. The van der Waals surface area contributed by atoms with Crippen molar-refractivity contribution in [1.82, 2.24) is 0 Å². The Bertz CT molecular complexity index is 1420. The lowest BCUT2D eigenvalue weighted by Gasteiger charge is -2.46. The minimum atomic E-state index is -1.72. The number of carbonyl (C=O) groups is 6. The van der Waals surface area contributed by atoms with Crippen LogP contribution in [0, 0.1) is 28.6 Å². The zero-order valence-corrected chi connectivity index (χ0v) is 27.2. The first-order valence-corrected chi connectivity index (χ1v) is 16.1. The molecule has 6 aliphatic rings. The Morgan fingerprint density at radius 1 is 0.894 bits per heavy atom. The van der Waals surface area contributed by atoms with Gasteiger partial charge in [-0.2, -0.15) is 0 Å². The molecule has 0 aromatic heterocycles. The van der Waals surface area contributed by atoms with Crippen LogP contribution in [-0.2, 0) is 61.9 Å². The van der Waals surface area contributed by atoms with E-state index in [4.69, 9.17) is 33.2 Å². The lowest BCUT2D eigenvalue weighted by atomic mass is 9.60. The van der Waals surface area contributed by atoms with Crippen molar-refractivity contribution >= 4 is 35.8 Å². The van der Waals surface area contributed by atoms with Crippen molar-refractivity contribution in [2.24, 2.45) is 28.6 Å². The molecule has 2 heterocycles. The van der Waals surface area contributed by atoms with Crippen LogP contribution in [0.15, 0.2) is 12.2 Å². The summed E-state index contributed by atoms with van der Waals surface area (Å²) in [5, 5.41) is 11.6. The number of carbonyl (C=O) groups excluding carboxylic acids is 6. The molecule has 0 aromatic rings. The van der Waals surface area contributed by atoms with Crippen molar-refractivity contribution in [3.05, 3.63) is 12.2 Å². The molecule has 47 heavy (non-hydrogen) atoms. The first-order chi connectivity index (χ1) is 22.0. The van der Waals surface area contributed by atoms with Crippen LogP contribution in [-0.4, -0.2) is 89.4 Å². The first kappa shape index (κ1) is 33.4. The summed E-state index contributed by atoms with van der Waals surface area (Å²) >= 11 is 0. The molecule has 0 amide bonds. The second-order valence-corrected chi connectivity index (χ2v) is 14.4. The second-order valence-electron chi connectivity index (χ2n) is 14.4.